The van der Waals surface area contributed by atoms with E-state index in [0.717, 1.165) is 0 Å². The fraction of sp³-hybridized carbons (Fsp3) is 0.786. The van der Waals surface area contributed by atoms with Gasteiger partial charge >= 0.3 is 18.1 Å². The predicted octanol–water partition coefficient (Wildman–Crippen LogP) is 4.89. The van der Waals surface area contributed by atoms with Gasteiger partial charge in [0.2, 0.25) is 0 Å². The van der Waals surface area contributed by atoms with Gasteiger partial charge in [-0.3, -0.25) is 4.79 Å². The van der Waals surface area contributed by atoms with Crippen LogP contribution in [0.3, 0.4) is 0 Å². The van der Waals surface area contributed by atoms with Crippen molar-refractivity contribution >= 4 is 5.97 Å². The number of ether oxygens (including phenoxy) is 1. The second-order valence-electron chi connectivity index (χ2n) is 4.77. The van der Waals surface area contributed by atoms with E-state index in [-0.39, 0.29) is 19.4 Å². The molecule has 0 fully saturated rings. The predicted molar refractivity (Wildman–Crippen MR) is 69.0 cm³/mol. The number of alkyl halides is 5. The Balaban J connectivity index is 4.06. The Bertz CT molecular complexity index is 326. The monoisotopic (exact) mass is 316 g/mol. The van der Waals surface area contributed by atoms with Gasteiger partial charge in [0.25, 0.3) is 0 Å². The third kappa shape index (κ3) is 7.43. The average Bonchev–Trinajstić information content (AvgIpc) is 2.35. The standard InChI is InChI=1S/C14H21F5O2/c1-3-8-11(12(20)21-4-2)9-6-5-7-10-13(15,16)14(17,18)19/h3,11H,1,4-10H2,2H3. The minimum Gasteiger partial charge on any atom is -0.466 e. The fourth-order valence-electron chi connectivity index (χ4n) is 1.85. The van der Waals surface area contributed by atoms with Crippen molar-refractivity contribution in [3.05, 3.63) is 12.7 Å². The highest BCUT2D eigenvalue weighted by Crippen LogP contribution is 2.39. The van der Waals surface area contributed by atoms with Crippen LogP contribution in [-0.4, -0.2) is 24.7 Å². The van der Waals surface area contributed by atoms with Gasteiger partial charge in [-0.05, 0) is 26.2 Å². The van der Waals surface area contributed by atoms with Crippen LogP contribution in [0.1, 0.15) is 45.4 Å². The van der Waals surface area contributed by atoms with Crippen LogP contribution >= 0.6 is 0 Å². The Kier molecular flexibility index (Phi) is 8.51. The van der Waals surface area contributed by atoms with Crippen LogP contribution in [0.4, 0.5) is 22.0 Å². The molecule has 7 heteroatoms. The quantitative estimate of drug-likeness (QED) is 0.248. The van der Waals surface area contributed by atoms with E-state index in [9.17, 15) is 26.7 Å². The van der Waals surface area contributed by atoms with E-state index >= 15 is 0 Å². The first-order chi connectivity index (χ1) is 9.65. The number of carbonyl (C=O) groups excluding carboxylic acids is 1. The van der Waals surface area contributed by atoms with Gasteiger partial charge in [-0.2, -0.15) is 22.0 Å². The summed E-state index contributed by atoms with van der Waals surface area (Å²) in [5.74, 6) is -5.45. The van der Waals surface area contributed by atoms with Crippen LogP contribution in [0.25, 0.3) is 0 Å². The third-order valence-corrected chi connectivity index (χ3v) is 3.03. The van der Waals surface area contributed by atoms with Crippen molar-refractivity contribution in [2.24, 2.45) is 5.92 Å². The van der Waals surface area contributed by atoms with E-state index in [0.29, 0.717) is 19.3 Å². The molecule has 1 unspecified atom stereocenters. The smallest absolute Gasteiger partial charge is 0.453 e. The van der Waals surface area contributed by atoms with Crippen molar-refractivity contribution in [2.45, 2.75) is 57.5 Å². The Morgan fingerprint density at radius 2 is 1.81 bits per heavy atom. The first-order valence-electron chi connectivity index (χ1n) is 6.87. The molecule has 0 N–H and O–H groups in total. The molecule has 0 aromatic carbocycles. The second kappa shape index (κ2) is 9.00. The van der Waals surface area contributed by atoms with Gasteiger partial charge in [-0.25, -0.2) is 0 Å². The fourth-order valence-corrected chi connectivity index (χ4v) is 1.85. The summed E-state index contributed by atoms with van der Waals surface area (Å²) in [6.07, 6.45) is -4.01. The highest BCUT2D eigenvalue weighted by molar-refractivity contribution is 5.72. The van der Waals surface area contributed by atoms with E-state index in [4.69, 9.17) is 4.74 Å². The summed E-state index contributed by atoms with van der Waals surface area (Å²) in [7, 11) is 0. The molecule has 124 valence electrons. The molecule has 0 aliphatic rings. The van der Waals surface area contributed by atoms with E-state index < -0.39 is 30.4 Å². The lowest BCUT2D eigenvalue weighted by molar-refractivity contribution is -0.284. The van der Waals surface area contributed by atoms with E-state index in [1.165, 1.54) is 0 Å². The maximum absolute atomic E-state index is 12.7. The molecular weight excluding hydrogens is 295 g/mol. The lowest BCUT2D eigenvalue weighted by Crippen LogP contribution is -2.36. The first-order valence-corrected chi connectivity index (χ1v) is 6.87. The summed E-state index contributed by atoms with van der Waals surface area (Å²) < 4.78 is 66.0. The van der Waals surface area contributed by atoms with Crippen molar-refractivity contribution in [1.82, 2.24) is 0 Å². The molecule has 0 rings (SSSR count). The van der Waals surface area contributed by atoms with Gasteiger partial charge in [0.15, 0.2) is 0 Å². The zero-order chi connectivity index (χ0) is 16.5. The maximum atomic E-state index is 12.7. The Morgan fingerprint density at radius 1 is 1.19 bits per heavy atom. The van der Waals surface area contributed by atoms with Crippen LogP contribution < -0.4 is 0 Å². The van der Waals surface area contributed by atoms with Crippen LogP contribution in [0, 0.1) is 5.92 Å². The average molecular weight is 316 g/mol. The van der Waals surface area contributed by atoms with E-state index in [2.05, 4.69) is 6.58 Å². The van der Waals surface area contributed by atoms with Gasteiger partial charge in [0.1, 0.15) is 0 Å². The molecule has 0 saturated heterocycles. The van der Waals surface area contributed by atoms with Crippen molar-refractivity contribution in [3.8, 4) is 0 Å². The molecule has 21 heavy (non-hydrogen) atoms. The Labute approximate surface area is 121 Å². The number of allylic oxidation sites excluding steroid dienone is 1. The van der Waals surface area contributed by atoms with Crippen molar-refractivity contribution in [2.75, 3.05) is 6.61 Å². The number of esters is 1. The molecule has 0 aliphatic carbocycles. The van der Waals surface area contributed by atoms with Crippen LogP contribution in [-0.2, 0) is 9.53 Å². The van der Waals surface area contributed by atoms with Gasteiger partial charge in [-0.15, -0.1) is 6.58 Å². The van der Waals surface area contributed by atoms with Gasteiger partial charge < -0.3 is 4.74 Å². The summed E-state index contributed by atoms with van der Waals surface area (Å²) in [5.41, 5.74) is 0. The maximum Gasteiger partial charge on any atom is 0.453 e. The number of rotatable bonds is 10. The summed E-state index contributed by atoms with van der Waals surface area (Å²) in [5, 5.41) is 0. The summed E-state index contributed by atoms with van der Waals surface area (Å²) in [6.45, 7) is 5.42. The van der Waals surface area contributed by atoms with Crippen LogP contribution in [0.15, 0.2) is 12.7 Å². The normalized spacial score (nSPS) is 13.8. The van der Waals surface area contributed by atoms with Crippen LogP contribution in [0.5, 0.6) is 0 Å². The minimum atomic E-state index is -5.50. The molecule has 0 saturated carbocycles. The molecule has 2 nitrogen and oxygen atoms in total. The van der Waals surface area contributed by atoms with Gasteiger partial charge in [-0.1, -0.05) is 18.9 Å². The van der Waals surface area contributed by atoms with Crippen molar-refractivity contribution in [1.29, 1.82) is 0 Å². The summed E-state index contributed by atoms with van der Waals surface area (Å²) in [4.78, 5) is 11.5. The van der Waals surface area contributed by atoms with E-state index in [1.807, 2.05) is 0 Å². The van der Waals surface area contributed by atoms with Gasteiger partial charge in [0.05, 0.1) is 12.5 Å². The largest absolute Gasteiger partial charge is 0.466 e. The first kappa shape index (κ1) is 19.9. The molecule has 1 atom stereocenters. The number of hydrogen-bond acceptors (Lipinski definition) is 2. The molecule has 0 amide bonds. The second-order valence-corrected chi connectivity index (χ2v) is 4.77. The molecule has 0 aliphatic heterocycles. The van der Waals surface area contributed by atoms with Crippen molar-refractivity contribution < 1.29 is 31.5 Å². The number of carbonyl (C=O) groups is 1. The molecule has 0 radical (unpaired) electrons. The van der Waals surface area contributed by atoms with Gasteiger partial charge in [0, 0.05) is 6.42 Å². The summed E-state index contributed by atoms with van der Waals surface area (Å²) in [6, 6.07) is 0. The third-order valence-electron chi connectivity index (χ3n) is 3.03. The van der Waals surface area contributed by atoms with Crippen molar-refractivity contribution in [3.63, 3.8) is 0 Å². The highest BCUT2D eigenvalue weighted by atomic mass is 19.4. The topological polar surface area (TPSA) is 26.3 Å². The molecule has 0 bridgehead atoms. The van der Waals surface area contributed by atoms with Crippen LogP contribution in [0.2, 0.25) is 0 Å². The number of unbranched alkanes of at least 4 members (excludes halogenated alkanes) is 2. The Hall–Kier alpha value is -1.14. The molecule has 0 spiro atoms. The number of halogens is 5. The minimum absolute atomic E-state index is 0.207. The summed E-state index contributed by atoms with van der Waals surface area (Å²) >= 11 is 0. The molecule has 0 heterocycles. The Morgan fingerprint density at radius 3 is 2.29 bits per heavy atom. The lowest BCUT2D eigenvalue weighted by atomic mass is 9.97. The molecular formula is C14H21F5O2. The SMILES string of the molecule is C=CCC(CCCCCC(F)(F)C(F)(F)F)C(=O)OCC. The molecule has 0 aromatic rings. The zero-order valence-corrected chi connectivity index (χ0v) is 12.0. The van der Waals surface area contributed by atoms with E-state index in [1.54, 1.807) is 13.0 Å². The zero-order valence-electron chi connectivity index (χ0n) is 12.0. The molecule has 0 aromatic heterocycles. The highest BCUT2D eigenvalue weighted by Gasteiger charge is 2.56. The lowest BCUT2D eigenvalue weighted by Gasteiger charge is -2.19. The number of hydrogen-bond donors (Lipinski definition) is 0.